The molecule has 176 valence electrons. The van der Waals surface area contributed by atoms with Gasteiger partial charge in [0.1, 0.15) is 0 Å². The number of rotatable bonds is 6. The van der Waals surface area contributed by atoms with Gasteiger partial charge in [-0.2, -0.15) is 0 Å². The van der Waals surface area contributed by atoms with Gasteiger partial charge in [-0.25, -0.2) is 8.42 Å². The van der Waals surface area contributed by atoms with Gasteiger partial charge in [0.2, 0.25) is 15.7 Å². The average Bonchev–Trinajstić information content (AvgIpc) is 2.84. The van der Waals surface area contributed by atoms with Crippen LogP contribution in [0.2, 0.25) is 0 Å². The number of primary amides is 1. The van der Waals surface area contributed by atoms with Crippen molar-refractivity contribution in [3.05, 3.63) is 71.8 Å². The minimum Gasteiger partial charge on any atom is -0.366 e. The Hall–Kier alpha value is -3.79. The quantitative estimate of drug-likeness (QED) is 0.555. The summed E-state index contributed by atoms with van der Waals surface area (Å²) >= 11 is 0. The number of anilines is 2. The molecule has 1 aromatic heterocycles. The molecule has 0 bridgehead atoms. The smallest absolute Gasteiger partial charge is 0.250 e. The van der Waals surface area contributed by atoms with Crippen molar-refractivity contribution in [2.24, 2.45) is 11.7 Å². The molecule has 1 fully saturated rings. The highest BCUT2D eigenvalue weighted by molar-refractivity contribution is 7.91. The van der Waals surface area contributed by atoms with Crippen LogP contribution in [0.4, 0.5) is 11.5 Å². The highest BCUT2D eigenvalue weighted by atomic mass is 32.2. The number of carbonyl (C=O) groups is 2. The molecule has 1 aliphatic heterocycles. The largest absolute Gasteiger partial charge is 0.366 e. The molecule has 9 nitrogen and oxygen atoms in total. The third-order valence-corrected chi connectivity index (χ3v) is 7.53. The van der Waals surface area contributed by atoms with Crippen LogP contribution in [0.5, 0.6) is 0 Å². The lowest BCUT2D eigenvalue weighted by Gasteiger charge is -2.31. The third-order valence-electron chi connectivity index (χ3n) is 5.87. The van der Waals surface area contributed by atoms with Crippen LogP contribution in [0.15, 0.2) is 70.6 Å². The predicted octanol–water partition coefficient (Wildman–Crippen LogP) is 2.57. The van der Waals surface area contributed by atoms with E-state index in [4.69, 9.17) is 5.73 Å². The van der Waals surface area contributed by atoms with Crippen LogP contribution < -0.4 is 16.0 Å². The summed E-state index contributed by atoms with van der Waals surface area (Å²) in [5, 5.41) is 10.8. The summed E-state index contributed by atoms with van der Waals surface area (Å²) in [6, 6.07) is 16.3. The van der Waals surface area contributed by atoms with Crippen LogP contribution >= 0.6 is 0 Å². The number of carbonyl (C=O) groups excluding carboxylic acids is 2. The first kappa shape index (κ1) is 23.4. The Morgan fingerprint density at radius 3 is 2.26 bits per heavy atom. The normalized spacial score (nSPS) is 14.6. The molecule has 0 radical (unpaired) electrons. The summed E-state index contributed by atoms with van der Waals surface area (Å²) in [5.74, 6) is -0.441. The Kier molecular flexibility index (Phi) is 6.60. The second-order valence-electron chi connectivity index (χ2n) is 8.21. The number of aromatic nitrogens is 2. The molecule has 34 heavy (non-hydrogen) atoms. The second kappa shape index (κ2) is 9.60. The molecular formula is C24H25N5O4S. The van der Waals surface area contributed by atoms with Crippen molar-refractivity contribution in [3.8, 4) is 0 Å². The summed E-state index contributed by atoms with van der Waals surface area (Å²) in [7, 11) is -3.74. The predicted molar refractivity (Wildman–Crippen MR) is 127 cm³/mol. The summed E-state index contributed by atoms with van der Waals surface area (Å²) in [5.41, 5.74) is 7.02. The molecule has 3 aromatic rings. The van der Waals surface area contributed by atoms with Gasteiger partial charge in [0.05, 0.1) is 16.1 Å². The first-order chi connectivity index (χ1) is 16.3. The van der Waals surface area contributed by atoms with Gasteiger partial charge in [0, 0.05) is 19.0 Å². The third kappa shape index (κ3) is 4.91. The number of para-hydroxylation sites is 1. The van der Waals surface area contributed by atoms with Gasteiger partial charge in [-0.3, -0.25) is 9.59 Å². The van der Waals surface area contributed by atoms with Crippen LogP contribution in [-0.4, -0.2) is 43.5 Å². The van der Waals surface area contributed by atoms with Gasteiger partial charge in [0.15, 0.2) is 10.8 Å². The lowest BCUT2D eigenvalue weighted by Crippen LogP contribution is -2.38. The van der Waals surface area contributed by atoms with E-state index in [0.717, 1.165) is 5.56 Å². The van der Waals surface area contributed by atoms with E-state index in [1.54, 1.807) is 54.6 Å². The molecule has 0 atom stereocenters. The Morgan fingerprint density at radius 1 is 0.971 bits per heavy atom. The number of nitrogens with two attached hydrogens (primary N) is 1. The van der Waals surface area contributed by atoms with Crippen LogP contribution in [-0.2, 0) is 14.6 Å². The maximum Gasteiger partial charge on any atom is 0.250 e. The Morgan fingerprint density at radius 2 is 1.65 bits per heavy atom. The number of hydrogen-bond donors (Lipinski definition) is 2. The van der Waals surface area contributed by atoms with E-state index in [-0.39, 0.29) is 27.3 Å². The van der Waals surface area contributed by atoms with Gasteiger partial charge >= 0.3 is 0 Å². The Balaban J connectivity index is 1.38. The molecule has 0 saturated carbocycles. The molecule has 1 saturated heterocycles. The lowest BCUT2D eigenvalue weighted by atomic mass is 9.95. The molecule has 0 aliphatic carbocycles. The number of nitrogens with one attached hydrogen (secondary N) is 1. The van der Waals surface area contributed by atoms with Crippen LogP contribution in [0.1, 0.15) is 28.8 Å². The highest BCUT2D eigenvalue weighted by Gasteiger charge is 2.27. The monoisotopic (exact) mass is 479 g/mol. The van der Waals surface area contributed by atoms with E-state index >= 15 is 0 Å². The van der Waals surface area contributed by atoms with Gasteiger partial charge in [-0.15, -0.1) is 10.2 Å². The van der Waals surface area contributed by atoms with Crippen LogP contribution in [0, 0.1) is 12.8 Å². The fourth-order valence-electron chi connectivity index (χ4n) is 3.88. The molecule has 0 unspecified atom stereocenters. The first-order valence-electron chi connectivity index (χ1n) is 10.9. The van der Waals surface area contributed by atoms with E-state index in [1.807, 2.05) is 11.8 Å². The average molecular weight is 480 g/mol. The summed E-state index contributed by atoms with van der Waals surface area (Å²) in [6.45, 7) is 3.01. The fraction of sp³-hybridized carbons (Fsp3) is 0.250. The van der Waals surface area contributed by atoms with E-state index in [0.29, 0.717) is 37.4 Å². The molecule has 0 spiro atoms. The lowest BCUT2D eigenvalue weighted by molar-refractivity contribution is -0.120. The number of hydrogen-bond acceptors (Lipinski definition) is 7. The molecule has 2 amide bonds. The van der Waals surface area contributed by atoms with Crippen molar-refractivity contribution in [1.29, 1.82) is 0 Å². The van der Waals surface area contributed by atoms with Crippen molar-refractivity contribution in [2.45, 2.75) is 29.7 Å². The highest BCUT2D eigenvalue weighted by Crippen LogP contribution is 2.25. The van der Waals surface area contributed by atoms with E-state index in [1.165, 1.54) is 6.07 Å². The van der Waals surface area contributed by atoms with E-state index < -0.39 is 15.7 Å². The molecule has 1 aliphatic rings. The summed E-state index contributed by atoms with van der Waals surface area (Å²) in [6.07, 6.45) is 1.16. The van der Waals surface area contributed by atoms with Crippen molar-refractivity contribution < 1.29 is 18.0 Å². The summed E-state index contributed by atoms with van der Waals surface area (Å²) in [4.78, 5) is 26.4. The Labute approximate surface area is 197 Å². The maximum atomic E-state index is 12.8. The molecule has 2 aromatic carbocycles. The standard InChI is InChI=1S/C24H25N5O4S/c1-16-6-8-18(9-7-16)34(32,33)22-11-10-21(27-28-22)29-14-12-17(13-15-29)24(31)26-20-5-3-2-4-19(20)23(25)30/h2-11,17H,12-15H2,1H3,(H2,25,30)(H,26,31). The van der Waals surface area contributed by atoms with Gasteiger partial charge in [-0.05, 0) is 56.2 Å². The number of nitrogens with zero attached hydrogens (tertiary/aromatic N) is 3. The van der Waals surface area contributed by atoms with Gasteiger partial charge < -0.3 is 16.0 Å². The number of amides is 2. The van der Waals surface area contributed by atoms with Crippen molar-refractivity contribution >= 4 is 33.2 Å². The van der Waals surface area contributed by atoms with Gasteiger partial charge in [-0.1, -0.05) is 29.8 Å². The van der Waals surface area contributed by atoms with E-state index in [9.17, 15) is 18.0 Å². The zero-order valence-electron chi connectivity index (χ0n) is 18.6. The number of sulfone groups is 1. The zero-order chi connectivity index (χ0) is 24.3. The van der Waals surface area contributed by atoms with Gasteiger partial charge in [0.25, 0.3) is 5.91 Å². The summed E-state index contributed by atoms with van der Waals surface area (Å²) < 4.78 is 25.6. The van der Waals surface area contributed by atoms with Crippen molar-refractivity contribution in [2.75, 3.05) is 23.3 Å². The number of aryl methyl sites for hydroxylation is 1. The van der Waals surface area contributed by atoms with Crippen molar-refractivity contribution in [1.82, 2.24) is 10.2 Å². The van der Waals surface area contributed by atoms with Crippen LogP contribution in [0.25, 0.3) is 0 Å². The first-order valence-corrected chi connectivity index (χ1v) is 12.3. The Bertz CT molecular complexity index is 1300. The maximum absolute atomic E-state index is 12.8. The second-order valence-corrected chi connectivity index (χ2v) is 10.1. The fourth-order valence-corrected chi connectivity index (χ4v) is 5.01. The molecule has 3 N–H and O–H groups in total. The SMILES string of the molecule is Cc1ccc(S(=O)(=O)c2ccc(N3CCC(C(=O)Nc4ccccc4C(N)=O)CC3)nn2)cc1. The topological polar surface area (TPSA) is 135 Å². The van der Waals surface area contributed by atoms with E-state index in [2.05, 4.69) is 15.5 Å². The molecule has 10 heteroatoms. The van der Waals surface area contributed by atoms with Crippen LogP contribution in [0.3, 0.4) is 0 Å². The molecular weight excluding hydrogens is 454 g/mol. The number of piperidine rings is 1. The zero-order valence-corrected chi connectivity index (χ0v) is 19.5. The number of benzene rings is 2. The molecule has 2 heterocycles. The molecule has 4 rings (SSSR count). The minimum atomic E-state index is -3.74. The minimum absolute atomic E-state index is 0.109. The van der Waals surface area contributed by atoms with Crippen molar-refractivity contribution in [3.63, 3.8) is 0 Å².